The van der Waals surface area contributed by atoms with Gasteiger partial charge in [-0.2, -0.15) is 0 Å². The van der Waals surface area contributed by atoms with Gasteiger partial charge >= 0.3 is 5.97 Å². The minimum absolute atomic E-state index is 0.157. The molecule has 0 aliphatic carbocycles. The van der Waals surface area contributed by atoms with Crippen LogP contribution in [0, 0.1) is 0 Å². The summed E-state index contributed by atoms with van der Waals surface area (Å²) >= 11 is 0. The monoisotopic (exact) mass is 338 g/mol. The zero-order chi connectivity index (χ0) is 17.8. The van der Waals surface area contributed by atoms with Crippen molar-refractivity contribution in [1.82, 2.24) is 0 Å². The number of carbonyl (C=O) groups excluding carboxylic acids is 1. The quantitative estimate of drug-likeness (QED) is 0.509. The number of carbonyl (C=O) groups is 1. The maximum absolute atomic E-state index is 11.7. The van der Waals surface area contributed by atoms with E-state index in [1.54, 1.807) is 26.4 Å². The molecule has 1 aromatic heterocycles. The van der Waals surface area contributed by atoms with E-state index in [1.807, 2.05) is 42.5 Å². The van der Waals surface area contributed by atoms with E-state index < -0.39 is 5.97 Å². The van der Waals surface area contributed by atoms with Gasteiger partial charge in [0.15, 0.2) is 0 Å². The molecule has 5 nitrogen and oxygen atoms in total. The molecule has 128 valence electrons. The van der Waals surface area contributed by atoms with E-state index in [0.29, 0.717) is 11.3 Å². The zero-order valence-corrected chi connectivity index (χ0v) is 14.2. The molecule has 3 rings (SSSR count). The number of benzene rings is 2. The van der Waals surface area contributed by atoms with Gasteiger partial charge in [-0.1, -0.05) is 24.3 Å². The van der Waals surface area contributed by atoms with Gasteiger partial charge in [-0.05, 0) is 35.4 Å². The van der Waals surface area contributed by atoms with E-state index in [-0.39, 0.29) is 5.76 Å². The number of hydrogen-bond donors (Lipinski definition) is 0. The van der Waals surface area contributed by atoms with Crippen LogP contribution in [0.2, 0.25) is 0 Å². The maximum Gasteiger partial charge on any atom is 0.373 e. The molecule has 0 aliphatic rings. The van der Waals surface area contributed by atoms with Gasteiger partial charge in [0.2, 0.25) is 5.76 Å². The van der Waals surface area contributed by atoms with Crippen LogP contribution in [-0.2, 0) is 4.74 Å². The van der Waals surface area contributed by atoms with E-state index in [0.717, 1.165) is 22.3 Å². The fourth-order valence-corrected chi connectivity index (χ4v) is 2.50. The van der Waals surface area contributed by atoms with Gasteiger partial charge in [-0.3, -0.25) is 0 Å². The molecular weight excluding hydrogens is 320 g/mol. The van der Waals surface area contributed by atoms with Gasteiger partial charge in [0.25, 0.3) is 0 Å². The first-order valence-electron chi connectivity index (χ1n) is 7.66. The average molecular weight is 338 g/mol. The summed E-state index contributed by atoms with van der Waals surface area (Å²) in [5.41, 5.74) is 2.46. The Hall–Kier alpha value is -3.21. The van der Waals surface area contributed by atoms with Crippen molar-refractivity contribution in [2.24, 2.45) is 0 Å². The number of fused-ring (bicyclic) bond motifs is 1. The molecule has 0 fully saturated rings. The minimum atomic E-state index is -0.514. The Morgan fingerprint density at radius 2 is 1.64 bits per heavy atom. The molecule has 0 amide bonds. The predicted octanol–water partition coefficient (Wildman–Crippen LogP) is 4.41. The Kier molecular flexibility index (Phi) is 4.75. The third-order valence-electron chi connectivity index (χ3n) is 3.84. The first-order chi connectivity index (χ1) is 12.1. The van der Waals surface area contributed by atoms with E-state index in [2.05, 4.69) is 0 Å². The topological polar surface area (TPSA) is 57.9 Å². The molecule has 0 unspecified atom stereocenters. The lowest BCUT2D eigenvalue weighted by Crippen LogP contribution is -1.97. The number of methoxy groups -OCH3 is 3. The molecule has 0 bridgehead atoms. The molecule has 25 heavy (non-hydrogen) atoms. The number of hydrogen-bond acceptors (Lipinski definition) is 5. The largest absolute Gasteiger partial charge is 0.497 e. The highest BCUT2D eigenvalue weighted by atomic mass is 16.5. The van der Waals surface area contributed by atoms with Crippen LogP contribution >= 0.6 is 0 Å². The lowest BCUT2D eigenvalue weighted by Gasteiger charge is -2.03. The fourth-order valence-electron chi connectivity index (χ4n) is 2.50. The van der Waals surface area contributed by atoms with Crippen LogP contribution < -0.4 is 9.47 Å². The van der Waals surface area contributed by atoms with Crippen molar-refractivity contribution in [3.8, 4) is 11.5 Å². The summed E-state index contributed by atoms with van der Waals surface area (Å²) in [6, 6.07) is 13.0. The predicted molar refractivity (Wildman–Crippen MR) is 96.0 cm³/mol. The average Bonchev–Trinajstić information content (AvgIpc) is 3.09. The lowest BCUT2D eigenvalue weighted by atomic mass is 10.1. The summed E-state index contributed by atoms with van der Waals surface area (Å²) in [5.74, 6) is 1.09. The molecular formula is C20H18O5. The molecule has 0 radical (unpaired) electrons. The standard InChI is InChI=1S/C20H18O5/c1-22-15-8-5-13(6-9-15)4-7-14-10-16(23-2)11-18-17(14)12-19(25-18)20(21)24-3/h4-12H,1-3H3/b7-4+. The molecule has 2 aromatic carbocycles. The second-order valence-electron chi connectivity index (χ2n) is 5.34. The third kappa shape index (κ3) is 3.50. The number of furan rings is 1. The Bertz CT molecular complexity index is 919. The Labute approximate surface area is 145 Å². The first kappa shape index (κ1) is 16.6. The van der Waals surface area contributed by atoms with E-state index in [4.69, 9.17) is 18.6 Å². The van der Waals surface area contributed by atoms with Crippen LogP contribution in [0.15, 0.2) is 46.9 Å². The van der Waals surface area contributed by atoms with Crippen molar-refractivity contribution >= 4 is 29.1 Å². The molecule has 0 aliphatic heterocycles. The zero-order valence-electron chi connectivity index (χ0n) is 14.2. The molecule has 3 aromatic rings. The van der Waals surface area contributed by atoms with Gasteiger partial charge in [-0.15, -0.1) is 0 Å². The van der Waals surface area contributed by atoms with Crippen LogP contribution in [0.5, 0.6) is 11.5 Å². The Morgan fingerprint density at radius 1 is 0.920 bits per heavy atom. The molecule has 0 saturated heterocycles. The smallest absolute Gasteiger partial charge is 0.373 e. The van der Waals surface area contributed by atoms with E-state index in [9.17, 15) is 4.79 Å². The number of ether oxygens (including phenoxy) is 3. The van der Waals surface area contributed by atoms with E-state index in [1.165, 1.54) is 7.11 Å². The number of esters is 1. The van der Waals surface area contributed by atoms with Gasteiger partial charge in [0.1, 0.15) is 17.1 Å². The van der Waals surface area contributed by atoms with Crippen molar-refractivity contribution < 1.29 is 23.4 Å². The van der Waals surface area contributed by atoms with Crippen molar-refractivity contribution in [3.05, 3.63) is 59.4 Å². The summed E-state index contributed by atoms with van der Waals surface area (Å²) in [4.78, 5) is 11.7. The van der Waals surface area contributed by atoms with Crippen LogP contribution in [0.1, 0.15) is 21.7 Å². The summed E-state index contributed by atoms with van der Waals surface area (Å²) < 4.78 is 20.8. The summed E-state index contributed by atoms with van der Waals surface area (Å²) in [6.07, 6.45) is 3.92. The van der Waals surface area contributed by atoms with Crippen molar-refractivity contribution in [2.75, 3.05) is 21.3 Å². The third-order valence-corrected chi connectivity index (χ3v) is 3.84. The summed E-state index contributed by atoms with van der Waals surface area (Å²) in [6.45, 7) is 0. The van der Waals surface area contributed by atoms with Gasteiger partial charge < -0.3 is 18.6 Å². The normalized spacial score (nSPS) is 11.0. The maximum atomic E-state index is 11.7. The lowest BCUT2D eigenvalue weighted by molar-refractivity contribution is 0.0567. The van der Waals surface area contributed by atoms with Crippen molar-refractivity contribution in [2.45, 2.75) is 0 Å². The SMILES string of the molecule is COC(=O)c1cc2c(/C=C/c3ccc(OC)cc3)cc(OC)cc2o1. The molecule has 5 heteroatoms. The van der Waals surface area contributed by atoms with Gasteiger partial charge in [0.05, 0.1) is 21.3 Å². The highest BCUT2D eigenvalue weighted by molar-refractivity contribution is 5.97. The molecule has 0 atom stereocenters. The van der Waals surface area contributed by atoms with Gasteiger partial charge in [0, 0.05) is 11.5 Å². The second kappa shape index (κ2) is 7.13. The second-order valence-corrected chi connectivity index (χ2v) is 5.34. The molecule has 0 saturated carbocycles. The Balaban J connectivity index is 2.02. The number of rotatable bonds is 5. The molecule has 0 N–H and O–H groups in total. The van der Waals surface area contributed by atoms with Crippen LogP contribution in [-0.4, -0.2) is 27.3 Å². The Morgan fingerprint density at radius 3 is 2.28 bits per heavy atom. The highest BCUT2D eigenvalue weighted by Gasteiger charge is 2.15. The minimum Gasteiger partial charge on any atom is -0.497 e. The molecule has 1 heterocycles. The highest BCUT2D eigenvalue weighted by Crippen LogP contribution is 2.30. The van der Waals surface area contributed by atoms with Crippen LogP contribution in [0.3, 0.4) is 0 Å². The van der Waals surface area contributed by atoms with E-state index >= 15 is 0 Å². The van der Waals surface area contributed by atoms with Crippen LogP contribution in [0.4, 0.5) is 0 Å². The van der Waals surface area contributed by atoms with Crippen molar-refractivity contribution in [1.29, 1.82) is 0 Å². The summed E-state index contributed by atoms with van der Waals surface area (Å²) in [5, 5.41) is 0.811. The first-order valence-corrected chi connectivity index (χ1v) is 7.66. The summed E-state index contributed by atoms with van der Waals surface area (Å²) in [7, 11) is 4.54. The van der Waals surface area contributed by atoms with Crippen LogP contribution in [0.25, 0.3) is 23.1 Å². The van der Waals surface area contributed by atoms with Gasteiger partial charge in [-0.25, -0.2) is 4.79 Å². The van der Waals surface area contributed by atoms with Crippen molar-refractivity contribution in [3.63, 3.8) is 0 Å². The fraction of sp³-hybridized carbons (Fsp3) is 0.150. The molecule has 0 spiro atoms.